The van der Waals surface area contributed by atoms with E-state index in [1.54, 1.807) is 18.9 Å². The van der Waals surface area contributed by atoms with Crippen LogP contribution in [-0.2, 0) is 4.79 Å². The van der Waals surface area contributed by atoms with Crippen LogP contribution in [0.5, 0.6) is 0 Å². The number of aryl methyl sites for hydroxylation is 1. The number of nitrogens with two attached hydrogens (primary N) is 1. The van der Waals surface area contributed by atoms with Gasteiger partial charge in [-0.1, -0.05) is 12.1 Å². The molecule has 1 atom stereocenters. The maximum absolute atomic E-state index is 11.6. The van der Waals surface area contributed by atoms with E-state index in [4.69, 9.17) is 5.73 Å². The minimum absolute atomic E-state index is 0.0735. The van der Waals surface area contributed by atoms with Gasteiger partial charge in [-0.2, -0.15) is 0 Å². The van der Waals surface area contributed by atoms with Gasteiger partial charge in [-0.15, -0.1) is 0 Å². The first-order valence-electron chi connectivity index (χ1n) is 4.62. The second kappa shape index (κ2) is 4.24. The first kappa shape index (κ1) is 10.7. The summed E-state index contributed by atoms with van der Waals surface area (Å²) in [6, 6.07) is 7.32. The number of likely N-dealkylation sites (N-methyl/N-ethyl adjacent to an activating group) is 1. The van der Waals surface area contributed by atoms with Crippen LogP contribution in [-0.4, -0.2) is 19.0 Å². The molecule has 0 saturated heterocycles. The van der Waals surface area contributed by atoms with Crippen LogP contribution in [0.3, 0.4) is 0 Å². The summed E-state index contributed by atoms with van der Waals surface area (Å²) in [5, 5.41) is 0. The second-order valence-electron chi connectivity index (χ2n) is 3.52. The van der Waals surface area contributed by atoms with Crippen LogP contribution in [0.25, 0.3) is 0 Å². The van der Waals surface area contributed by atoms with Crippen molar-refractivity contribution >= 4 is 11.6 Å². The topological polar surface area (TPSA) is 46.3 Å². The Morgan fingerprint density at radius 3 is 2.64 bits per heavy atom. The predicted molar refractivity (Wildman–Crippen MR) is 58.2 cm³/mol. The van der Waals surface area contributed by atoms with Crippen molar-refractivity contribution in [2.75, 3.05) is 11.9 Å². The fourth-order valence-corrected chi connectivity index (χ4v) is 1.27. The predicted octanol–water partition coefficient (Wildman–Crippen LogP) is 1.31. The molecule has 0 unspecified atom stereocenters. The molecule has 0 aliphatic heterocycles. The Balaban J connectivity index is 2.89. The van der Waals surface area contributed by atoms with Crippen molar-refractivity contribution in [2.45, 2.75) is 19.9 Å². The summed E-state index contributed by atoms with van der Waals surface area (Å²) in [5.41, 5.74) is 7.53. The van der Waals surface area contributed by atoms with Crippen molar-refractivity contribution in [1.82, 2.24) is 0 Å². The number of amides is 1. The zero-order chi connectivity index (χ0) is 10.7. The fourth-order valence-electron chi connectivity index (χ4n) is 1.27. The molecule has 0 aromatic heterocycles. The van der Waals surface area contributed by atoms with Gasteiger partial charge in [-0.25, -0.2) is 0 Å². The number of hydrogen-bond donors (Lipinski definition) is 1. The SMILES string of the molecule is Cc1cccc(N(C)C(=O)[C@@H](C)N)c1. The molecule has 76 valence electrons. The van der Waals surface area contributed by atoms with Crippen molar-refractivity contribution in [1.29, 1.82) is 0 Å². The van der Waals surface area contributed by atoms with E-state index in [1.807, 2.05) is 31.2 Å². The van der Waals surface area contributed by atoms with Crippen molar-refractivity contribution in [3.05, 3.63) is 29.8 Å². The Morgan fingerprint density at radius 2 is 2.14 bits per heavy atom. The molecule has 0 saturated carbocycles. The quantitative estimate of drug-likeness (QED) is 0.767. The zero-order valence-electron chi connectivity index (χ0n) is 8.82. The molecule has 1 rings (SSSR count). The number of anilines is 1. The van der Waals surface area contributed by atoms with E-state index in [-0.39, 0.29) is 5.91 Å². The molecule has 0 bridgehead atoms. The highest BCUT2D eigenvalue weighted by atomic mass is 16.2. The molecule has 0 heterocycles. The third-order valence-electron chi connectivity index (χ3n) is 2.11. The van der Waals surface area contributed by atoms with Gasteiger partial charge >= 0.3 is 0 Å². The number of carbonyl (C=O) groups is 1. The van der Waals surface area contributed by atoms with Gasteiger partial charge in [0, 0.05) is 12.7 Å². The Hall–Kier alpha value is -1.35. The maximum atomic E-state index is 11.6. The van der Waals surface area contributed by atoms with Gasteiger partial charge < -0.3 is 10.6 Å². The summed E-state index contributed by atoms with van der Waals surface area (Å²) in [7, 11) is 1.74. The van der Waals surface area contributed by atoms with E-state index >= 15 is 0 Å². The van der Waals surface area contributed by atoms with Gasteiger partial charge in [-0.05, 0) is 31.5 Å². The van der Waals surface area contributed by atoms with Crippen LogP contribution in [0.1, 0.15) is 12.5 Å². The van der Waals surface area contributed by atoms with Gasteiger partial charge in [0.1, 0.15) is 0 Å². The fraction of sp³-hybridized carbons (Fsp3) is 0.364. The largest absolute Gasteiger partial charge is 0.320 e. The molecule has 0 radical (unpaired) electrons. The summed E-state index contributed by atoms with van der Waals surface area (Å²) in [6.45, 7) is 3.68. The number of nitrogens with zero attached hydrogens (tertiary/aromatic N) is 1. The molecule has 0 aliphatic carbocycles. The van der Waals surface area contributed by atoms with Crippen LogP contribution >= 0.6 is 0 Å². The summed E-state index contributed by atoms with van der Waals surface area (Å²) < 4.78 is 0. The highest BCUT2D eigenvalue weighted by Gasteiger charge is 2.14. The van der Waals surface area contributed by atoms with Crippen LogP contribution < -0.4 is 10.6 Å². The lowest BCUT2D eigenvalue weighted by atomic mass is 10.2. The smallest absolute Gasteiger partial charge is 0.243 e. The highest BCUT2D eigenvalue weighted by molar-refractivity contribution is 5.96. The van der Waals surface area contributed by atoms with E-state index in [2.05, 4.69) is 0 Å². The Labute approximate surface area is 84.5 Å². The minimum atomic E-state index is -0.458. The summed E-state index contributed by atoms with van der Waals surface area (Å²) in [4.78, 5) is 13.1. The molecule has 14 heavy (non-hydrogen) atoms. The monoisotopic (exact) mass is 192 g/mol. The van der Waals surface area contributed by atoms with E-state index in [0.29, 0.717) is 0 Å². The van der Waals surface area contributed by atoms with E-state index in [9.17, 15) is 4.79 Å². The van der Waals surface area contributed by atoms with E-state index < -0.39 is 6.04 Å². The first-order chi connectivity index (χ1) is 6.52. The van der Waals surface area contributed by atoms with Gasteiger partial charge in [0.25, 0.3) is 0 Å². The Bertz CT molecular complexity index is 334. The van der Waals surface area contributed by atoms with Crippen LogP contribution in [0.15, 0.2) is 24.3 Å². The highest BCUT2D eigenvalue weighted by Crippen LogP contribution is 2.14. The summed E-state index contributed by atoms with van der Waals surface area (Å²) in [6.07, 6.45) is 0. The summed E-state index contributed by atoms with van der Waals surface area (Å²) >= 11 is 0. The molecule has 0 spiro atoms. The molecule has 0 fully saturated rings. The van der Waals surface area contributed by atoms with Crippen LogP contribution in [0, 0.1) is 6.92 Å². The number of rotatable bonds is 2. The molecule has 1 aromatic rings. The molecular weight excluding hydrogens is 176 g/mol. The van der Waals surface area contributed by atoms with Crippen molar-refractivity contribution in [3.8, 4) is 0 Å². The van der Waals surface area contributed by atoms with Crippen LogP contribution in [0.2, 0.25) is 0 Å². The van der Waals surface area contributed by atoms with Gasteiger partial charge in [0.2, 0.25) is 5.91 Å². The van der Waals surface area contributed by atoms with Crippen molar-refractivity contribution in [3.63, 3.8) is 0 Å². The van der Waals surface area contributed by atoms with Gasteiger partial charge in [0.05, 0.1) is 6.04 Å². The van der Waals surface area contributed by atoms with E-state index in [1.165, 1.54) is 0 Å². The molecule has 0 aliphatic rings. The lowest BCUT2D eigenvalue weighted by molar-refractivity contribution is -0.119. The number of hydrogen-bond acceptors (Lipinski definition) is 2. The maximum Gasteiger partial charge on any atom is 0.243 e. The molecular formula is C11H16N2O. The van der Waals surface area contributed by atoms with Crippen LogP contribution in [0.4, 0.5) is 5.69 Å². The normalized spacial score (nSPS) is 12.3. The van der Waals surface area contributed by atoms with Crippen molar-refractivity contribution < 1.29 is 4.79 Å². The van der Waals surface area contributed by atoms with Gasteiger partial charge in [0.15, 0.2) is 0 Å². The number of carbonyl (C=O) groups excluding carboxylic acids is 1. The summed E-state index contributed by atoms with van der Waals surface area (Å²) in [5.74, 6) is -0.0735. The Kier molecular flexibility index (Phi) is 3.25. The standard InChI is InChI=1S/C11H16N2O/c1-8-5-4-6-10(7-8)13(3)11(14)9(2)12/h4-7,9H,12H2,1-3H3/t9-/m1/s1. The zero-order valence-corrected chi connectivity index (χ0v) is 8.82. The number of benzene rings is 1. The average Bonchev–Trinajstić information content (AvgIpc) is 2.15. The average molecular weight is 192 g/mol. The third-order valence-corrected chi connectivity index (χ3v) is 2.11. The lowest BCUT2D eigenvalue weighted by Gasteiger charge is -2.19. The molecule has 1 aromatic carbocycles. The van der Waals surface area contributed by atoms with Gasteiger partial charge in [-0.3, -0.25) is 4.79 Å². The Morgan fingerprint density at radius 1 is 1.50 bits per heavy atom. The van der Waals surface area contributed by atoms with Crippen molar-refractivity contribution in [2.24, 2.45) is 5.73 Å². The minimum Gasteiger partial charge on any atom is -0.320 e. The molecule has 2 N–H and O–H groups in total. The molecule has 3 nitrogen and oxygen atoms in total. The second-order valence-corrected chi connectivity index (χ2v) is 3.52. The third kappa shape index (κ3) is 2.33. The van der Waals surface area contributed by atoms with E-state index in [0.717, 1.165) is 11.3 Å². The molecule has 3 heteroatoms. The lowest BCUT2D eigenvalue weighted by Crippen LogP contribution is -2.39. The first-order valence-corrected chi connectivity index (χ1v) is 4.62. The molecule has 1 amide bonds.